The first-order valence-corrected chi connectivity index (χ1v) is 26.9. The van der Waals surface area contributed by atoms with Gasteiger partial charge in [-0.25, -0.2) is 13.2 Å². The van der Waals surface area contributed by atoms with Gasteiger partial charge in [0.1, 0.15) is 11.9 Å². The number of benzene rings is 3. The lowest BCUT2D eigenvalue weighted by molar-refractivity contribution is -0.479. The van der Waals surface area contributed by atoms with Crippen LogP contribution < -0.4 is 19.6 Å². The molecule has 1 aromatic heterocycles. The van der Waals surface area contributed by atoms with Crippen LogP contribution in [0.5, 0.6) is 0 Å². The number of nitrogens with zero attached hydrogens (tertiary/aromatic N) is 10. The Hall–Kier alpha value is -5.81. The van der Waals surface area contributed by atoms with Crippen molar-refractivity contribution < 1.29 is 22.7 Å². The van der Waals surface area contributed by atoms with Crippen LogP contribution in [0.25, 0.3) is 11.1 Å². The van der Waals surface area contributed by atoms with Crippen LogP contribution >= 0.6 is 11.6 Å². The van der Waals surface area contributed by atoms with E-state index in [0.29, 0.717) is 77.3 Å². The number of hydrogen-bond donors (Lipinski definition) is 0. The number of amidine groups is 1. The minimum atomic E-state index is -2.65. The maximum atomic E-state index is 16.0. The molecule has 1 amide bonds. The van der Waals surface area contributed by atoms with Crippen molar-refractivity contribution in [2.45, 2.75) is 110 Å². The molecule has 0 N–H and O–H groups in total. The van der Waals surface area contributed by atoms with Crippen LogP contribution in [-0.2, 0) is 18.3 Å². The molecule has 0 bridgehead atoms. The van der Waals surface area contributed by atoms with Gasteiger partial charge in [-0.1, -0.05) is 16.3 Å². The first-order chi connectivity index (χ1) is 34.8. The Labute approximate surface area is 427 Å². The molecule has 11 rings (SSSR count). The summed E-state index contributed by atoms with van der Waals surface area (Å²) in [4.78, 5) is 23.7. The van der Waals surface area contributed by atoms with Gasteiger partial charge in [-0.2, -0.15) is 10.4 Å². The molecule has 0 radical (unpaired) electrons. The lowest BCUT2D eigenvalue weighted by atomic mass is 9.76. The third-order valence-electron chi connectivity index (χ3n) is 17.5. The van der Waals surface area contributed by atoms with Crippen molar-refractivity contribution in [1.82, 2.24) is 14.7 Å². The Morgan fingerprint density at radius 2 is 1.69 bits per heavy atom. The molecule has 72 heavy (non-hydrogen) atoms. The topological polar surface area (TPSA) is 90.2 Å². The maximum Gasteiger partial charge on any atom is 0.264 e. The van der Waals surface area contributed by atoms with Gasteiger partial charge in [0.25, 0.3) is 6.43 Å². The summed E-state index contributed by atoms with van der Waals surface area (Å²) in [6, 6.07) is 17.8. The van der Waals surface area contributed by atoms with E-state index < -0.39 is 6.43 Å². The molecular formula is C57H67ClF3N10O+. The average Bonchev–Trinajstić information content (AvgIpc) is 4.08. The molecule has 1 aliphatic carbocycles. The summed E-state index contributed by atoms with van der Waals surface area (Å²) in [7, 11) is 1.79. The number of carbonyl (C=O) groups excluding carboxylic acids is 1. The highest BCUT2D eigenvalue weighted by Gasteiger charge is 2.45. The van der Waals surface area contributed by atoms with Crippen molar-refractivity contribution >= 4 is 52.3 Å². The quantitative estimate of drug-likeness (QED) is 0.162. The minimum Gasteiger partial charge on any atom is -0.371 e. The lowest BCUT2D eigenvalue weighted by Crippen LogP contribution is -2.42. The van der Waals surface area contributed by atoms with Crippen LogP contribution in [0.15, 0.2) is 77.3 Å². The number of nitriles is 1. The van der Waals surface area contributed by atoms with Crippen molar-refractivity contribution in [2.75, 3.05) is 72.0 Å². The highest BCUT2D eigenvalue weighted by atomic mass is 35.5. The van der Waals surface area contributed by atoms with E-state index in [0.717, 1.165) is 130 Å². The van der Waals surface area contributed by atoms with Crippen LogP contribution in [0.4, 0.5) is 35.9 Å². The SMILES string of the molecule is CC(=O)N1CCC2=C(C1)C(N1CCCc3cc(-c4cnn(C)c4)c(C(F)F)cc31)=N/[N+]2=C\C1CCC(CC2CCN(c3ccc(N4CCC5(CC4)C[C@H](C)N(c4ccc(C#N)c(Cl)c4)C5)c(F)c3)CC2)CC1. The van der Waals surface area contributed by atoms with E-state index in [2.05, 4.69) is 54.7 Å². The minimum absolute atomic E-state index is 0.00855. The third-order valence-corrected chi connectivity index (χ3v) is 17.9. The van der Waals surface area contributed by atoms with Crippen LogP contribution in [0.3, 0.4) is 0 Å². The van der Waals surface area contributed by atoms with Gasteiger partial charge in [0.15, 0.2) is 6.21 Å². The standard InChI is InChI=1S/C57H67ClF3N10O/c1-37-30-57(36-70(37)46-11-10-43(31-62)50(58)27-46)17-23-67(24-18-57)53-13-12-45(28-51(53)59)66-20-14-40(15-21-66)25-39-6-8-41(9-7-39)33-71-52-16-22-68(38(2)72)35-49(52)56(64-71)69-19-4-5-42-26-47(44-32-63-65(3)34-44)48(55(60)61)29-54(42)69/h10-13,26-29,32-34,37,39-41,55H,4-9,14-25,30,35-36H2,1-3H3/q+1/b71-33-/t37-,39?,41?/m0/s1. The van der Waals surface area contributed by atoms with E-state index in [1.54, 1.807) is 43.2 Å². The number of aryl methyl sites for hydroxylation is 2. The van der Waals surface area contributed by atoms with Crippen LogP contribution in [-0.4, -0.2) is 95.7 Å². The molecule has 0 unspecified atom stereocenters. The van der Waals surface area contributed by atoms with Gasteiger partial charge < -0.3 is 24.5 Å². The molecule has 1 saturated carbocycles. The Kier molecular flexibility index (Phi) is 13.4. The molecular weight excluding hydrogens is 933 g/mol. The summed E-state index contributed by atoms with van der Waals surface area (Å²) in [5, 5.41) is 19.4. The summed E-state index contributed by atoms with van der Waals surface area (Å²) in [5.41, 5.74) is 8.57. The largest absolute Gasteiger partial charge is 0.371 e. The van der Waals surface area contributed by atoms with Gasteiger partial charge in [-0.3, -0.25) is 9.48 Å². The maximum absolute atomic E-state index is 16.0. The fourth-order valence-electron chi connectivity index (χ4n) is 13.5. The highest BCUT2D eigenvalue weighted by molar-refractivity contribution is 6.32. The van der Waals surface area contributed by atoms with E-state index in [1.165, 1.54) is 19.3 Å². The van der Waals surface area contributed by atoms with Crippen molar-refractivity contribution in [3.05, 3.63) is 99.7 Å². The lowest BCUT2D eigenvalue weighted by Gasteiger charge is -2.41. The first-order valence-electron chi connectivity index (χ1n) is 26.5. The van der Waals surface area contributed by atoms with E-state index in [4.69, 9.17) is 16.7 Å². The molecule has 4 fully saturated rings. The number of carbonyl (C=O) groups is 1. The molecule has 3 saturated heterocycles. The van der Waals surface area contributed by atoms with E-state index in [1.807, 2.05) is 35.2 Å². The van der Waals surface area contributed by atoms with Gasteiger partial charge >= 0.3 is 0 Å². The number of aromatic nitrogens is 2. The Balaban J connectivity index is 0.691. The molecule has 6 aliphatic heterocycles. The summed E-state index contributed by atoms with van der Waals surface area (Å²) >= 11 is 6.41. The summed E-state index contributed by atoms with van der Waals surface area (Å²) in [6.45, 7) is 10.1. The molecule has 3 aromatic carbocycles. The smallest absolute Gasteiger partial charge is 0.264 e. The molecule has 7 heterocycles. The van der Waals surface area contributed by atoms with Crippen molar-refractivity contribution in [3.63, 3.8) is 0 Å². The van der Waals surface area contributed by atoms with Crippen molar-refractivity contribution in [3.8, 4) is 17.2 Å². The number of alkyl halides is 2. The Morgan fingerprint density at radius 1 is 0.931 bits per heavy atom. The number of hydrazone groups is 1. The molecule has 7 aliphatic rings. The van der Waals surface area contributed by atoms with Crippen LogP contribution in [0, 0.1) is 40.3 Å². The molecule has 15 heteroatoms. The van der Waals surface area contributed by atoms with Crippen molar-refractivity contribution in [2.24, 2.45) is 35.3 Å². The summed E-state index contributed by atoms with van der Waals surface area (Å²) in [6.07, 6.45) is 16.6. The second-order valence-corrected chi connectivity index (χ2v) is 22.5. The number of piperidine rings is 2. The number of fused-ring (bicyclic) bond motifs is 1. The highest BCUT2D eigenvalue weighted by Crippen LogP contribution is 2.47. The average molecular weight is 1000 g/mol. The number of amides is 1. The normalized spacial score (nSPS) is 24.1. The predicted molar refractivity (Wildman–Crippen MR) is 280 cm³/mol. The number of hydrogen-bond acceptors (Lipinski definition) is 8. The van der Waals surface area contributed by atoms with Gasteiger partial charge in [-0.15, -0.1) is 0 Å². The van der Waals surface area contributed by atoms with Gasteiger partial charge in [-0.05, 0) is 161 Å². The second kappa shape index (κ2) is 19.9. The van der Waals surface area contributed by atoms with Gasteiger partial charge in [0.2, 0.25) is 17.4 Å². The first kappa shape index (κ1) is 48.5. The summed E-state index contributed by atoms with van der Waals surface area (Å²) < 4.78 is 49.2. The van der Waals surface area contributed by atoms with E-state index >= 15 is 4.39 Å². The molecule has 11 nitrogen and oxygen atoms in total. The monoisotopic (exact) mass is 1000 g/mol. The molecule has 378 valence electrons. The zero-order valence-corrected chi connectivity index (χ0v) is 42.7. The zero-order valence-electron chi connectivity index (χ0n) is 42.0. The third kappa shape index (κ3) is 9.51. The van der Waals surface area contributed by atoms with Crippen LogP contribution in [0.1, 0.15) is 114 Å². The van der Waals surface area contributed by atoms with Gasteiger partial charge in [0, 0.05) is 111 Å². The predicted octanol–water partition coefficient (Wildman–Crippen LogP) is 11.4. The molecule has 1 atom stereocenters. The number of anilines is 4. The van der Waals surface area contributed by atoms with Gasteiger partial charge in [0.05, 0.1) is 41.0 Å². The molecule has 1 spiro atoms. The van der Waals surface area contributed by atoms with Crippen LogP contribution in [0.2, 0.25) is 5.02 Å². The fourth-order valence-corrected chi connectivity index (χ4v) is 13.8. The van der Waals surface area contributed by atoms with E-state index in [-0.39, 0.29) is 22.7 Å². The Morgan fingerprint density at radius 3 is 2.39 bits per heavy atom. The zero-order chi connectivity index (χ0) is 49.8. The van der Waals surface area contributed by atoms with E-state index in [9.17, 15) is 18.8 Å². The Bertz CT molecular complexity index is 2860. The second-order valence-electron chi connectivity index (χ2n) is 22.1. The summed E-state index contributed by atoms with van der Waals surface area (Å²) in [5.74, 6) is 2.41. The molecule has 4 aromatic rings. The fraction of sp³-hybridized carbons (Fsp3) is 0.526. The number of halogens is 4. The number of rotatable bonds is 8. The van der Waals surface area contributed by atoms with Crippen molar-refractivity contribution in [1.29, 1.82) is 5.26 Å².